The number of H-pyrrole nitrogens is 1. The Morgan fingerprint density at radius 2 is 1.84 bits per heavy atom. The van der Waals surface area contributed by atoms with Crippen molar-refractivity contribution in [3.8, 4) is 0 Å². The predicted octanol–water partition coefficient (Wildman–Crippen LogP) is 1.37. The Bertz CT molecular complexity index is 530. The molecular formula is C14H16N4O. The molecule has 0 bridgehead atoms. The summed E-state index contributed by atoms with van der Waals surface area (Å²) >= 11 is 0. The highest BCUT2D eigenvalue weighted by atomic mass is 16.2. The van der Waals surface area contributed by atoms with Crippen molar-refractivity contribution in [2.24, 2.45) is 0 Å². The fourth-order valence-electron chi connectivity index (χ4n) is 2.36. The van der Waals surface area contributed by atoms with Crippen molar-refractivity contribution >= 4 is 11.6 Å². The van der Waals surface area contributed by atoms with Crippen molar-refractivity contribution in [1.82, 2.24) is 15.1 Å². The molecular weight excluding hydrogens is 240 g/mol. The molecule has 1 aliphatic heterocycles. The number of nitrogens with one attached hydrogen (secondary N) is 1. The average Bonchev–Trinajstić information content (AvgIpc) is 3.02. The van der Waals surface area contributed by atoms with Gasteiger partial charge < -0.3 is 9.80 Å². The van der Waals surface area contributed by atoms with Gasteiger partial charge in [0.2, 0.25) is 0 Å². The van der Waals surface area contributed by atoms with Gasteiger partial charge >= 0.3 is 0 Å². The van der Waals surface area contributed by atoms with E-state index in [-0.39, 0.29) is 5.91 Å². The first-order valence-electron chi connectivity index (χ1n) is 6.42. The van der Waals surface area contributed by atoms with Crippen LogP contribution in [0.15, 0.2) is 42.7 Å². The molecule has 1 aromatic carbocycles. The Hall–Kier alpha value is -2.30. The molecule has 5 nitrogen and oxygen atoms in total. The number of hydrogen-bond acceptors (Lipinski definition) is 3. The largest absolute Gasteiger partial charge is 0.368 e. The molecule has 19 heavy (non-hydrogen) atoms. The highest BCUT2D eigenvalue weighted by Gasteiger charge is 2.22. The Morgan fingerprint density at radius 1 is 1.11 bits per heavy atom. The minimum absolute atomic E-state index is 0.0569. The summed E-state index contributed by atoms with van der Waals surface area (Å²) in [6, 6.07) is 10.3. The van der Waals surface area contributed by atoms with Crippen molar-refractivity contribution < 1.29 is 4.79 Å². The normalized spacial score (nSPS) is 15.6. The zero-order valence-electron chi connectivity index (χ0n) is 10.6. The van der Waals surface area contributed by atoms with Crippen LogP contribution in [-0.4, -0.2) is 47.2 Å². The Balaban J connectivity index is 1.62. The van der Waals surface area contributed by atoms with Crippen LogP contribution in [0.1, 0.15) is 10.4 Å². The monoisotopic (exact) mass is 256 g/mol. The standard InChI is InChI=1S/C14H16N4O/c19-14(12-10-15-16-11-12)18-8-6-17(7-9-18)13-4-2-1-3-5-13/h1-5,10-11H,6-9H2,(H,15,16). The van der Waals surface area contributed by atoms with Gasteiger partial charge in [0.05, 0.1) is 11.8 Å². The zero-order chi connectivity index (χ0) is 13.1. The molecule has 2 aromatic rings. The van der Waals surface area contributed by atoms with Crippen molar-refractivity contribution in [1.29, 1.82) is 0 Å². The summed E-state index contributed by atoms with van der Waals surface area (Å²) in [6.45, 7) is 3.24. The van der Waals surface area contributed by atoms with Crippen LogP contribution >= 0.6 is 0 Å². The number of para-hydroxylation sites is 1. The number of aromatic nitrogens is 2. The van der Waals surface area contributed by atoms with E-state index in [9.17, 15) is 4.79 Å². The molecule has 3 rings (SSSR count). The number of rotatable bonds is 2. The zero-order valence-corrected chi connectivity index (χ0v) is 10.6. The SMILES string of the molecule is O=C(c1cn[nH]c1)N1CCN(c2ccccc2)CC1. The van der Waals surface area contributed by atoms with Crippen LogP contribution in [0.25, 0.3) is 0 Å². The third-order valence-electron chi connectivity index (χ3n) is 3.43. The van der Waals surface area contributed by atoms with Gasteiger partial charge in [-0.1, -0.05) is 18.2 Å². The van der Waals surface area contributed by atoms with Gasteiger partial charge in [-0.2, -0.15) is 5.10 Å². The lowest BCUT2D eigenvalue weighted by molar-refractivity contribution is 0.0747. The number of hydrogen-bond donors (Lipinski definition) is 1. The molecule has 0 aliphatic carbocycles. The lowest BCUT2D eigenvalue weighted by atomic mass is 10.2. The first-order chi connectivity index (χ1) is 9.34. The van der Waals surface area contributed by atoms with E-state index in [0.29, 0.717) is 5.56 Å². The van der Waals surface area contributed by atoms with Gasteiger partial charge in [-0.05, 0) is 12.1 Å². The van der Waals surface area contributed by atoms with E-state index in [1.807, 2.05) is 23.1 Å². The molecule has 1 saturated heterocycles. The van der Waals surface area contributed by atoms with Crippen LogP contribution in [0.4, 0.5) is 5.69 Å². The summed E-state index contributed by atoms with van der Waals surface area (Å²) in [7, 11) is 0. The fraction of sp³-hybridized carbons (Fsp3) is 0.286. The molecule has 5 heteroatoms. The summed E-state index contributed by atoms with van der Waals surface area (Å²) in [5, 5.41) is 6.49. The van der Waals surface area contributed by atoms with Gasteiger partial charge in [0.1, 0.15) is 0 Å². The third-order valence-corrected chi connectivity index (χ3v) is 3.43. The highest BCUT2D eigenvalue weighted by molar-refractivity contribution is 5.93. The van der Waals surface area contributed by atoms with Crippen molar-refractivity contribution in [3.63, 3.8) is 0 Å². The number of amides is 1. The molecule has 0 atom stereocenters. The van der Waals surface area contributed by atoms with Gasteiger partial charge in [0.25, 0.3) is 5.91 Å². The molecule has 0 spiro atoms. The maximum atomic E-state index is 12.2. The van der Waals surface area contributed by atoms with Crippen LogP contribution < -0.4 is 4.90 Å². The lowest BCUT2D eigenvalue weighted by Gasteiger charge is -2.36. The van der Waals surface area contributed by atoms with E-state index in [0.717, 1.165) is 26.2 Å². The summed E-state index contributed by atoms with van der Waals surface area (Å²) in [4.78, 5) is 16.3. The van der Waals surface area contributed by atoms with Crippen LogP contribution in [0.2, 0.25) is 0 Å². The van der Waals surface area contributed by atoms with Gasteiger partial charge in [-0.25, -0.2) is 0 Å². The van der Waals surface area contributed by atoms with E-state index < -0.39 is 0 Å². The van der Waals surface area contributed by atoms with E-state index in [4.69, 9.17) is 0 Å². The molecule has 1 amide bonds. The highest BCUT2D eigenvalue weighted by Crippen LogP contribution is 2.16. The van der Waals surface area contributed by atoms with Gasteiger partial charge in [-0.3, -0.25) is 9.89 Å². The summed E-state index contributed by atoms with van der Waals surface area (Å²) < 4.78 is 0. The van der Waals surface area contributed by atoms with Crippen LogP contribution in [0.3, 0.4) is 0 Å². The maximum Gasteiger partial charge on any atom is 0.257 e. The number of anilines is 1. The number of carbonyl (C=O) groups is 1. The first-order valence-corrected chi connectivity index (χ1v) is 6.42. The Labute approximate surface area is 111 Å². The fourth-order valence-corrected chi connectivity index (χ4v) is 2.36. The molecule has 2 heterocycles. The second-order valence-electron chi connectivity index (χ2n) is 4.60. The van der Waals surface area contributed by atoms with Crippen LogP contribution in [0.5, 0.6) is 0 Å². The maximum absolute atomic E-state index is 12.2. The average molecular weight is 256 g/mol. The molecule has 0 saturated carbocycles. The van der Waals surface area contributed by atoms with Gasteiger partial charge in [0, 0.05) is 38.1 Å². The topological polar surface area (TPSA) is 52.2 Å². The quantitative estimate of drug-likeness (QED) is 0.883. The van der Waals surface area contributed by atoms with Crippen LogP contribution in [-0.2, 0) is 0 Å². The minimum atomic E-state index is 0.0569. The molecule has 1 aromatic heterocycles. The molecule has 98 valence electrons. The summed E-state index contributed by atoms with van der Waals surface area (Å²) in [5.74, 6) is 0.0569. The van der Waals surface area contributed by atoms with Crippen molar-refractivity contribution in [3.05, 3.63) is 48.3 Å². The Kier molecular flexibility index (Phi) is 3.18. The summed E-state index contributed by atoms with van der Waals surface area (Å²) in [5.41, 5.74) is 1.85. The van der Waals surface area contributed by atoms with E-state index in [1.165, 1.54) is 5.69 Å². The number of nitrogens with zero attached hydrogens (tertiary/aromatic N) is 3. The second-order valence-corrected chi connectivity index (χ2v) is 4.60. The van der Waals surface area contributed by atoms with Crippen LogP contribution in [0, 0.1) is 0 Å². The minimum Gasteiger partial charge on any atom is -0.368 e. The second kappa shape index (κ2) is 5.14. The summed E-state index contributed by atoms with van der Waals surface area (Å²) in [6.07, 6.45) is 3.22. The molecule has 1 aliphatic rings. The molecule has 1 N–H and O–H groups in total. The Morgan fingerprint density at radius 3 is 2.47 bits per heavy atom. The molecule has 0 unspecified atom stereocenters. The van der Waals surface area contributed by atoms with E-state index in [2.05, 4.69) is 27.2 Å². The van der Waals surface area contributed by atoms with E-state index >= 15 is 0 Å². The first kappa shape index (κ1) is 11.8. The smallest absolute Gasteiger partial charge is 0.257 e. The number of benzene rings is 1. The lowest BCUT2D eigenvalue weighted by Crippen LogP contribution is -2.48. The van der Waals surface area contributed by atoms with E-state index in [1.54, 1.807) is 12.4 Å². The molecule has 1 fully saturated rings. The molecule has 0 radical (unpaired) electrons. The predicted molar refractivity (Wildman–Crippen MR) is 73.1 cm³/mol. The van der Waals surface area contributed by atoms with Gasteiger partial charge in [0.15, 0.2) is 0 Å². The van der Waals surface area contributed by atoms with Gasteiger partial charge in [-0.15, -0.1) is 0 Å². The third kappa shape index (κ3) is 2.45. The number of piperazine rings is 1. The van der Waals surface area contributed by atoms with Crippen molar-refractivity contribution in [2.75, 3.05) is 31.1 Å². The van der Waals surface area contributed by atoms with Crippen molar-refractivity contribution in [2.45, 2.75) is 0 Å². The number of carbonyl (C=O) groups excluding carboxylic acids is 1. The number of aromatic amines is 1.